The smallest absolute Gasteiger partial charge is 0.255 e. The molecule has 1 saturated heterocycles. The summed E-state index contributed by atoms with van der Waals surface area (Å²) in [6, 6.07) is 12.3. The van der Waals surface area contributed by atoms with E-state index in [1.165, 1.54) is 11.8 Å². The Bertz CT molecular complexity index is 1070. The van der Waals surface area contributed by atoms with Crippen LogP contribution in [0.4, 0.5) is 11.4 Å². The number of sulfone groups is 1. The van der Waals surface area contributed by atoms with Crippen LogP contribution in [-0.4, -0.2) is 42.3 Å². The second-order valence-corrected chi connectivity index (χ2v) is 10.6. The number of nitrogens with one attached hydrogen (secondary N) is 2. The molecule has 0 saturated carbocycles. The van der Waals surface area contributed by atoms with Crippen LogP contribution in [0.3, 0.4) is 0 Å². The van der Waals surface area contributed by atoms with Gasteiger partial charge in [0.2, 0.25) is 0 Å². The number of anilines is 2. The van der Waals surface area contributed by atoms with Gasteiger partial charge >= 0.3 is 0 Å². The predicted molar refractivity (Wildman–Crippen MR) is 115 cm³/mol. The second-order valence-electron chi connectivity index (χ2n) is 6.86. The van der Waals surface area contributed by atoms with Crippen LogP contribution in [0, 0.1) is 6.92 Å². The van der Waals surface area contributed by atoms with E-state index < -0.39 is 9.84 Å². The first-order chi connectivity index (χ1) is 13.3. The Balaban J connectivity index is 1.39. The van der Waals surface area contributed by atoms with Gasteiger partial charge in [-0.25, -0.2) is 8.42 Å². The lowest BCUT2D eigenvalue weighted by atomic mass is 10.1. The summed E-state index contributed by atoms with van der Waals surface area (Å²) in [5, 5.41) is 7.34. The number of carbonyl (C=O) groups excluding carboxylic acids is 1. The zero-order chi connectivity index (χ0) is 19.9. The fraction of sp³-hybridized carbons (Fsp3) is 0.263. The van der Waals surface area contributed by atoms with E-state index in [1.54, 1.807) is 30.3 Å². The molecule has 0 unspecified atom stereocenters. The first-order valence-electron chi connectivity index (χ1n) is 8.68. The minimum atomic E-state index is -2.96. The molecular formula is C19H18ClN3O3S2. The summed E-state index contributed by atoms with van der Waals surface area (Å²) < 4.78 is 23.3. The third-order valence-electron chi connectivity index (χ3n) is 4.65. The van der Waals surface area contributed by atoms with Crippen LogP contribution in [0.15, 0.2) is 47.5 Å². The minimum absolute atomic E-state index is 0.00103. The summed E-state index contributed by atoms with van der Waals surface area (Å²) in [5.74, 6) is 0.0794. The molecule has 146 valence electrons. The lowest BCUT2D eigenvalue weighted by molar-refractivity contribution is 0.102. The molecule has 28 heavy (non-hydrogen) atoms. The van der Waals surface area contributed by atoms with Gasteiger partial charge in [0.1, 0.15) is 0 Å². The second kappa shape index (κ2) is 7.42. The van der Waals surface area contributed by atoms with Crippen molar-refractivity contribution < 1.29 is 13.2 Å². The first-order valence-corrected chi connectivity index (χ1v) is 11.8. The fourth-order valence-corrected chi connectivity index (χ4v) is 6.97. The first kappa shape index (κ1) is 19.3. The number of nitrogens with zero attached hydrogens (tertiary/aromatic N) is 1. The average molecular weight is 436 g/mol. The van der Waals surface area contributed by atoms with E-state index >= 15 is 0 Å². The normalized spacial score (nSPS) is 22.4. The van der Waals surface area contributed by atoms with Gasteiger partial charge in [0.05, 0.1) is 17.5 Å². The molecule has 2 atom stereocenters. The summed E-state index contributed by atoms with van der Waals surface area (Å²) in [6.45, 7) is 1.90. The standard InChI is InChI=1S/C19H18ClN3O3S2/c1-11-2-5-14(8-15(11)20)21-18(24)12-3-6-13(7-4-12)22-19-23-16-9-28(25,26)10-17(16)27-19/h2-8,16-17H,9-10H2,1H3,(H,21,24)(H,22,23)/t16-,17-/m1/s1. The largest absolute Gasteiger partial charge is 0.335 e. The van der Waals surface area contributed by atoms with Crippen molar-refractivity contribution in [3.63, 3.8) is 0 Å². The van der Waals surface area contributed by atoms with Crippen molar-refractivity contribution in [2.24, 2.45) is 4.99 Å². The number of aliphatic imine (C=N–C) groups is 1. The zero-order valence-corrected chi connectivity index (χ0v) is 17.4. The monoisotopic (exact) mass is 435 g/mol. The molecule has 4 rings (SSSR count). The van der Waals surface area contributed by atoms with Gasteiger partial charge in [-0.15, -0.1) is 0 Å². The van der Waals surface area contributed by atoms with E-state index in [2.05, 4.69) is 15.6 Å². The molecule has 1 amide bonds. The third kappa shape index (κ3) is 4.19. The van der Waals surface area contributed by atoms with E-state index in [0.29, 0.717) is 16.3 Å². The maximum Gasteiger partial charge on any atom is 0.255 e. The van der Waals surface area contributed by atoms with E-state index in [9.17, 15) is 13.2 Å². The molecule has 1 fully saturated rings. The topological polar surface area (TPSA) is 87.6 Å². The molecule has 6 nitrogen and oxygen atoms in total. The lowest BCUT2D eigenvalue weighted by Crippen LogP contribution is -2.13. The summed E-state index contributed by atoms with van der Waals surface area (Å²) in [5.41, 5.74) is 2.90. The van der Waals surface area contributed by atoms with Gasteiger partial charge in [0, 0.05) is 27.2 Å². The summed E-state index contributed by atoms with van der Waals surface area (Å²) in [7, 11) is -2.96. The Morgan fingerprint density at radius 1 is 1.14 bits per heavy atom. The fourth-order valence-electron chi connectivity index (χ4n) is 3.12. The maximum absolute atomic E-state index is 12.4. The van der Waals surface area contributed by atoms with Crippen molar-refractivity contribution in [3.05, 3.63) is 58.6 Å². The van der Waals surface area contributed by atoms with E-state index in [1.807, 2.05) is 19.1 Å². The Labute approximate surface area is 172 Å². The van der Waals surface area contributed by atoms with E-state index in [0.717, 1.165) is 16.4 Å². The molecule has 0 aliphatic carbocycles. The summed E-state index contributed by atoms with van der Waals surface area (Å²) in [4.78, 5) is 16.9. The van der Waals surface area contributed by atoms with Gasteiger partial charge in [0.15, 0.2) is 15.0 Å². The number of fused-ring (bicyclic) bond motifs is 1. The van der Waals surface area contributed by atoms with Crippen molar-refractivity contribution in [1.29, 1.82) is 0 Å². The highest BCUT2D eigenvalue weighted by Gasteiger charge is 2.42. The van der Waals surface area contributed by atoms with Crippen molar-refractivity contribution in [2.75, 3.05) is 22.1 Å². The molecule has 9 heteroatoms. The van der Waals surface area contributed by atoms with E-state index in [-0.39, 0.29) is 28.7 Å². The van der Waals surface area contributed by atoms with Crippen LogP contribution in [0.25, 0.3) is 0 Å². The van der Waals surface area contributed by atoms with Crippen LogP contribution in [0.5, 0.6) is 0 Å². The van der Waals surface area contributed by atoms with Crippen LogP contribution >= 0.6 is 23.4 Å². The Kier molecular flexibility index (Phi) is 5.11. The molecule has 0 radical (unpaired) electrons. The van der Waals surface area contributed by atoms with Gasteiger partial charge in [-0.1, -0.05) is 29.4 Å². The van der Waals surface area contributed by atoms with Gasteiger partial charge in [-0.2, -0.15) is 0 Å². The molecule has 2 aliphatic rings. The molecule has 0 spiro atoms. The van der Waals surface area contributed by atoms with E-state index in [4.69, 9.17) is 11.6 Å². The quantitative estimate of drug-likeness (QED) is 0.769. The lowest BCUT2D eigenvalue weighted by Gasteiger charge is -2.09. The van der Waals surface area contributed by atoms with Crippen molar-refractivity contribution >= 4 is 55.6 Å². The van der Waals surface area contributed by atoms with Gasteiger partial charge in [-0.05, 0) is 48.9 Å². The maximum atomic E-state index is 12.4. The number of carbonyl (C=O) groups is 1. The van der Waals surface area contributed by atoms with Crippen LogP contribution in [0.1, 0.15) is 15.9 Å². The van der Waals surface area contributed by atoms with Crippen molar-refractivity contribution in [1.82, 2.24) is 0 Å². The van der Waals surface area contributed by atoms with Crippen LogP contribution in [-0.2, 0) is 9.84 Å². The van der Waals surface area contributed by atoms with Gasteiger partial charge < -0.3 is 10.6 Å². The molecule has 2 aromatic carbocycles. The number of benzene rings is 2. The number of aryl methyl sites for hydroxylation is 1. The highest BCUT2D eigenvalue weighted by atomic mass is 35.5. The van der Waals surface area contributed by atoms with Crippen molar-refractivity contribution in [2.45, 2.75) is 18.2 Å². The highest BCUT2D eigenvalue weighted by molar-refractivity contribution is 8.15. The molecule has 2 heterocycles. The van der Waals surface area contributed by atoms with Gasteiger partial charge in [0.25, 0.3) is 5.91 Å². The summed E-state index contributed by atoms with van der Waals surface area (Å²) >= 11 is 7.55. The number of amidine groups is 1. The SMILES string of the molecule is Cc1ccc(NC(=O)c2ccc(NC3=N[C@@H]4CS(=O)(=O)C[C@H]4S3)cc2)cc1Cl. The van der Waals surface area contributed by atoms with Crippen LogP contribution in [0.2, 0.25) is 5.02 Å². The Morgan fingerprint density at radius 2 is 1.86 bits per heavy atom. The molecule has 2 aliphatic heterocycles. The average Bonchev–Trinajstić information content (AvgIpc) is 3.11. The predicted octanol–water partition coefficient (Wildman–Crippen LogP) is 3.58. The number of amides is 1. The van der Waals surface area contributed by atoms with Crippen molar-refractivity contribution in [3.8, 4) is 0 Å². The van der Waals surface area contributed by atoms with Crippen LogP contribution < -0.4 is 10.6 Å². The molecule has 0 bridgehead atoms. The Hall–Kier alpha value is -2.03. The summed E-state index contributed by atoms with van der Waals surface area (Å²) in [6.07, 6.45) is 0. The number of hydrogen-bond acceptors (Lipinski definition) is 6. The Morgan fingerprint density at radius 3 is 2.54 bits per heavy atom. The molecular weight excluding hydrogens is 418 g/mol. The third-order valence-corrected chi connectivity index (χ3v) is 8.20. The number of hydrogen-bond donors (Lipinski definition) is 2. The molecule has 2 aromatic rings. The molecule has 0 aromatic heterocycles. The molecule has 2 N–H and O–H groups in total. The minimum Gasteiger partial charge on any atom is -0.335 e. The van der Waals surface area contributed by atoms with Gasteiger partial charge in [-0.3, -0.25) is 9.79 Å². The highest BCUT2D eigenvalue weighted by Crippen LogP contribution is 2.34. The zero-order valence-electron chi connectivity index (χ0n) is 15.0. The number of halogens is 1. The number of thioether (sulfide) groups is 1. The number of rotatable bonds is 3.